The molecule has 1 fully saturated rings. The number of carbonyl (C=O) groups is 1. The molecule has 2 aromatic carbocycles. The molecule has 6 nitrogen and oxygen atoms in total. The van der Waals surface area contributed by atoms with Gasteiger partial charge in [0.05, 0.1) is 23.0 Å². The molecule has 0 aliphatic heterocycles. The highest BCUT2D eigenvalue weighted by molar-refractivity contribution is 6.04. The van der Waals surface area contributed by atoms with E-state index in [1.807, 2.05) is 54.6 Å². The van der Waals surface area contributed by atoms with Gasteiger partial charge in [-0.25, -0.2) is 4.98 Å². The molecule has 1 aliphatic carbocycles. The SMILES string of the molecule is N=C(NC=O)Nc1cc(-c2cccc(OC3CC3)c2)nc2ccccc12. The summed E-state index contributed by atoms with van der Waals surface area (Å²) in [6.45, 7) is 0. The molecule has 26 heavy (non-hydrogen) atoms. The predicted octanol–water partition coefficient (Wildman–Crippen LogP) is 3.54. The van der Waals surface area contributed by atoms with Crippen LogP contribution in [0.1, 0.15) is 12.8 Å². The summed E-state index contributed by atoms with van der Waals surface area (Å²) in [5, 5.41) is 13.9. The number of para-hydroxylation sites is 1. The van der Waals surface area contributed by atoms with Crippen molar-refractivity contribution in [2.24, 2.45) is 0 Å². The molecule has 4 rings (SSSR count). The first-order valence-electron chi connectivity index (χ1n) is 8.45. The Balaban J connectivity index is 1.75. The molecule has 3 aromatic rings. The van der Waals surface area contributed by atoms with Crippen LogP contribution in [-0.4, -0.2) is 23.5 Å². The average Bonchev–Trinajstić information content (AvgIpc) is 3.46. The second-order valence-corrected chi connectivity index (χ2v) is 6.18. The summed E-state index contributed by atoms with van der Waals surface area (Å²) >= 11 is 0. The van der Waals surface area contributed by atoms with Gasteiger partial charge in [0.1, 0.15) is 5.75 Å². The minimum Gasteiger partial charge on any atom is -0.490 e. The minimum atomic E-state index is -0.0897. The van der Waals surface area contributed by atoms with Crippen LogP contribution in [0.3, 0.4) is 0 Å². The van der Waals surface area contributed by atoms with Gasteiger partial charge in [0.25, 0.3) is 0 Å². The Morgan fingerprint density at radius 3 is 2.81 bits per heavy atom. The number of carbonyl (C=O) groups excluding carboxylic acids is 1. The number of anilines is 1. The molecule has 1 heterocycles. The summed E-state index contributed by atoms with van der Waals surface area (Å²) in [4.78, 5) is 15.3. The average molecular weight is 346 g/mol. The maximum Gasteiger partial charge on any atom is 0.213 e. The monoisotopic (exact) mass is 346 g/mol. The fourth-order valence-electron chi connectivity index (χ4n) is 2.76. The van der Waals surface area contributed by atoms with Crippen molar-refractivity contribution in [3.05, 3.63) is 54.6 Å². The van der Waals surface area contributed by atoms with E-state index in [4.69, 9.17) is 15.1 Å². The Bertz CT molecular complexity index is 982. The molecule has 0 unspecified atom stereocenters. The molecule has 0 atom stereocenters. The van der Waals surface area contributed by atoms with Gasteiger partial charge in [-0.2, -0.15) is 0 Å². The number of nitrogens with one attached hydrogen (secondary N) is 3. The molecule has 3 N–H and O–H groups in total. The van der Waals surface area contributed by atoms with E-state index >= 15 is 0 Å². The fraction of sp³-hybridized carbons (Fsp3) is 0.150. The van der Waals surface area contributed by atoms with Gasteiger partial charge in [0.2, 0.25) is 6.41 Å². The van der Waals surface area contributed by atoms with E-state index in [1.54, 1.807) is 0 Å². The third kappa shape index (κ3) is 3.49. The number of rotatable bonds is 5. The largest absolute Gasteiger partial charge is 0.490 e. The number of amides is 1. The highest BCUT2D eigenvalue weighted by atomic mass is 16.5. The lowest BCUT2D eigenvalue weighted by molar-refractivity contribution is -0.108. The second kappa shape index (κ2) is 6.84. The zero-order valence-electron chi connectivity index (χ0n) is 14.0. The Morgan fingerprint density at radius 2 is 2.00 bits per heavy atom. The summed E-state index contributed by atoms with van der Waals surface area (Å²) in [6.07, 6.45) is 3.02. The maximum absolute atomic E-state index is 10.6. The van der Waals surface area contributed by atoms with Gasteiger partial charge in [0, 0.05) is 10.9 Å². The van der Waals surface area contributed by atoms with Gasteiger partial charge in [-0.15, -0.1) is 0 Å². The molecule has 0 radical (unpaired) electrons. The van der Waals surface area contributed by atoms with Crippen molar-refractivity contribution in [1.29, 1.82) is 5.41 Å². The third-order valence-corrected chi connectivity index (χ3v) is 4.14. The molecule has 130 valence electrons. The molecular weight excluding hydrogens is 328 g/mol. The summed E-state index contributed by atoms with van der Waals surface area (Å²) in [5.74, 6) is 0.748. The van der Waals surface area contributed by atoms with Crippen molar-refractivity contribution in [3.8, 4) is 17.0 Å². The van der Waals surface area contributed by atoms with Crippen LogP contribution in [0.5, 0.6) is 5.75 Å². The summed E-state index contributed by atoms with van der Waals surface area (Å²) in [5.41, 5.74) is 3.22. The lowest BCUT2D eigenvalue weighted by atomic mass is 10.1. The quantitative estimate of drug-likeness (QED) is 0.375. The Hall–Kier alpha value is -3.41. The number of hydrogen-bond acceptors (Lipinski definition) is 4. The van der Waals surface area contributed by atoms with Gasteiger partial charge >= 0.3 is 0 Å². The van der Waals surface area contributed by atoms with Crippen LogP contribution >= 0.6 is 0 Å². The van der Waals surface area contributed by atoms with Gasteiger partial charge < -0.3 is 10.1 Å². The standard InChI is InChI=1S/C20H18N4O2/c21-20(22-12-25)24-19-11-18(23-17-7-2-1-6-16(17)19)13-4-3-5-15(10-13)26-14-8-9-14/h1-7,10-12,14H,8-9H2,(H3,21,22,23,24,25). The number of guanidine groups is 1. The molecule has 6 heteroatoms. The Morgan fingerprint density at radius 1 is 1.15 bits per heavy atom. The number of aromatic nitrogens is 1. The molecule has 0 bridgehead atoms. The molecule has 0 saturated heterocycles. The van der Waals surface area contributed by atoms with Crippen LogP contribution in [-0.2, 0) is 4.79 Å². The molecule has 1 aromatic heterocycles. The van der Waals surface area contributed by atoms with Crippen molar-refractivity contribution in [1.82, 2.24) is 10.3 Å². The number of hydrogen-bond donors (Lipinski definition) is 3. The smallest absolute Gasteiger partial charge is 0.213 e. The van der Waals surface area contributed by atoms with Crippen molar-refractivity contribution in [3.63, 3.8) is 0 Å². The summed E-state index contributed by atoms with van der Waals surface area (Å²) in [6, 6.07) is 17.4. The van der Waals surface area contributed by atoms with Crippen LogP contribution < -0.4 is 15.4 Å². The summed E-state index contributed by atoms with van der Waals surface area (Å²) < 4.78 is 5.88. The lowest BCUT2D eigenvalue weighted by Crippen LogP contribution is -2.28. The molecule has 1 saturated carbocycles. The van der Waals surface area contributed by atoms with Gasteiger partial charge in [-0.05, 0) is 37.1 Å². The zero-order valence-corrected chi connectivity index (χ0v) is 14.0. The van der Waals surface area contributed by atoms with Gasteiger partial charge in [0.15, 0.2) is 5.96 Å². The van der Waals surface area contributed by atoms with Crippen LogP contribution in [0.25, 0.3) is 22.2 Å². The number of fused-ring (bicyclic) bond motifs is 1. The van der Waals surface area contributed by atoms with Crippen molar-refractivity contribution >= 4 is 29.0 Å². The molecule has 1 amide bonds. The molecule has 0 spiro atoms. The lowest BCUT2D eigenvalue weighted by Gasteiger charge is -2.13. The first-order valence-corrected chi connectivity index (χ1v) is 8.45. The minimum absolute atomic E-state index is 0.0897. The van der Waals surface area contributed by atoms with Crippen molar-refractivity contribution in [2.45, 2.75) is 18.9 Å². The van der Waals surface area contributed by atoms with Gasteiger partial charge in [-0.3, -0.25) is 15.5 Å². The fourth-order valence-corrected chi connectivity index (χ4v) is 2.76. The highest BCUT2D eigenvalue weighted by Crippen LogP contribution is 2.32. The number of pyridine rings is 1. The van der Waals surface area contributed by atoms with E-state index in [-0.39, 0.29) is 5.96 Å². The molecular formula is C20H18N4O2. The molecule has 1 aliphatic rings. The number of benzene rings is 2. The second-order valence-electron chi connectivity index (χ2n) is 6.18. The number of nitrogens with zero attached hydrogens (tertiary/aromatic N) is 1. The van der Waals surface area contributed by atoms with E-state index in [1.165, 1.54) is 0 Å². The van der Waals surface area contributed by atoms with E-state index in [0.29, 0.717) is 18.2 Å². The van der Waals surface area contributed by atoms with Crippen LogP contribution in [0, 0.1) is 5.41 Å². The van der Waals surface area contributed by atoms with E-state index < -0.39 is 0 Å². The Labute approximate surface area is 150 Å². The van der Waals surface area contributed by atoms with Crippen LogP contribution in [0.2, 0.25) is 0 Å². The van der Waals surface area contributed by atoms with Crippen molar-refractivity contribution < 1.29 is 9.53 Å². The highest BCUT2D eigenvalue weighted by Gasteiger charge is 2.23. The predicted molar refractivity (Wildman–Crippen MR) is 101 cm³/mol. The van der Waals surface area contributed by atoms with Gasteiger partial charge in [-0.1, -0.05) is 30.3 Å². The van der Waals surface area contributed by atoms with Crippen molar-refractivity contribution in [2.75, 3.05) is 5.32 Å². The zero-order chi connectivity index (χ0) is 17.9. The van der Waals surface area contributed by atoms with E-state index in [2.05, 4.69) is 10.6 Å². The van der Waals surface area contributed by atoms with E-state index in [0.717, 1.165) is 40.8 Å². The topological polar surface area (TPSA) is 87.1 Å². The van der Waals surface area contributed by atoms with Crippen LogP contribution in [0.4, 0.5) is 5.69 Å². The third-order valence-electron chi connectivity index (χ3n) is 4.14. The first kappa shape index (κ1) is 16.1. The Kier molecular flexibility index (Phi) is 4.23. The number of ether oxygens (including phenoxy) is 1. The van der Waals surface area contributed by atoms with E-state index in [9.17, 15) is 4.79 Å². The maximum atomic E-state index is 10.6. The van der Waals surface area contributed by atoms with Crippen LogP contribution in [0.15, 0.2) is 54.6 Å². The summed E-state index contributed by atoms with van der Waals surface area (Å²) in [7, 11) is 0. The normalized spacial score (nSPS) is 13.2. The first-order chi connectivity index (χ1) is 12.7.